The molecule has 2 bridgehead atoms. The van der Waals surface area contributed by atoms with E-state index in [1.807, 2.05) is 4.90 Å². The number of rotatable bonds is 5. The molecule has 4 rings (SSSR count). The molecule has 4 aliphatic rings. The third-order valence-corrected chi connectivity index (χ3v) is 6.19. The third-order valence-electron chi connectivity index (χ3n) is 6.19. The van der Waals surface area contributed by atoms with Gasteiger partial charge in [0.1, 0.15) is 0 Å². The smallest absolute Gasteiger partial charge is 0.225 e. The second-order valence-electron chi connectivity index (χ2n) is 8.01. The highest BCUT2D eigenvalue weighted by Crippen LogP contribution is 2.27. The fourth-order valence-corrected chi connectivity index (χ4v) is 4.74. The van der Waals surface area contributed by atoms with Crippen LogP contribution in [0.25, 0.3) is 0 Å². The molecule has 0 aliphatic carbocycles. The van der Waals surface area contributed by atoms with Gasteiger partial charge in [-0.3, -0.25) is 14.5 Å². The van der Waals surface area contributed by atoms with Crippen molar-refractivity contribution in [3.8, 4) is 0 Å². The molecule has 4 heterocycles. The van der Waals surface area contributed by atoms with Crippen molar-refractivity contribution in [1.82, 2.24) is 20.4 Å². The Balaban J connectivity index is 0.00000131. The standard InChI is InChI=1S/C18H30N4O3.2ClH/c23-17-9-13(12-22(17)4-3-21-5-7-25-8-6-21)18(24)20-16-10-14-1-2-15(11-16)19-14;;/h13-16,19H,1-12H2,(H,20,24);2*1H. The van der Waals surface area contributed by atoms with Gasteiger partial charge < -0.3 is 20.3 Å². The summed E-state index contributed by atoms with van der Waals surface area (Å²) in [6.07, 6.45) is 4.89. The Labute approximate surface area is 173 Å². The predicted molar refractivity (Wildman–Crippen MR) is 108 cm³/mol. The third kappa shape index (κ3) is 5.70. The highest BCUT2D eigenvalue weighted by atomic mass is 35.5. The maximum absolute atomic E-state index is 12.6. The largest absolute Gasteiger partial charge is 0.379 e. The molecular formula is C18H32Cl2N4O3. The number of nitrogens with zero attached hydrogens (tertiary/aromatic N) is 2. The van der Waals surface area contributed by atoms with E-state index in [0.29, 0.717) is 25.0 Å². The van der Waals surface area contributed by atoms with E-state index < -0.39 is 0 Å². The van der Waals surface area contributed by atoms with Crippen LogP contribution in [-0.4, -0.2) is 85.7 Å². The number of carbonyl (C=O) groups excluding carboxylic acids is 2. The summed E-state index contributed by atoms with van der Waals surface area (Å²) in [5.41, 5.74) is 0. The van der Waals surface area contributed by atoms with Crippen molar-refractivity contribution in [3.63, 3.8) is 0 Å². The van der Waals surface area contributed by atoms with Gasteiger partial charge in [-0.25, -0.2) is 0 Å². The SMILES string of the molecule is Cl.Cl.O=C(NC1CC2CCC(C1)N2)C1CC(=O)N(CCN2CCOCC2)C1. The van der Waals surface area contributed by atoms with Crippen molar-refractivity contribution in [1.29, 1.82) is 0 Å². The molecule has 3 unspecified atom stereocenters. The summed E-state index contributed by atoms with van der Waals surface area (Å²) in [7, 11) is 0. The van der Waals surface area contributed by atoms with Gasteiger partial charge in [0, 0.05) is 57.3 Å². The van der Waals surface area contributed by atoms with Crippen molar-refractivity contribution in [3.05, 3.63) is 0 Å². The number of hydrogen-bond donors (Lipinski definition) is 2. The lowest BCUT2D eigenvalue weighted by molar-refractivity contribution is -0.129. The van der Waals surface area contributed by atoms with E-state index in [9.17, 15) is 9.59 Å². The zero-order chi connectivity index (χ0) is 17.2. The quantitative estimate of drug-likeness (QED) is 0.670. The first-order valence-electron chi connectivity index (χ1n) is 9.81. The van der Waals surface area contributed by atoms with Crippen molar-refractivity contribution < 1.29 is 14.3 Å². The van der Waals surface area contributed by atoms with Gasteiger partial charge in [0.2, 0.25) is 11.8 Å². The molecule has 2 amide bonds. The van der Waals surface area contributed by atoms with Crippen molar-refractivity contribution in [2.24, 2.45) is 5.92 Å². The van der Waals surface area contributed by atoms with Crippen LogP contribution in [0.5, 0.6) is 0 Å². The van der Waals surface area contributed by atoms with Gasteiger partial charge >= 0.3 is 0 Å². The molecule has 7 nitrogen and oxygen atoms in total. The zero-order valence-corrected chi connectivity index (χ0v) is 17.4. The van der Waals surface area contributed by atoms with Gasteiger partial charge in [0.15, 0.2) is 0 Å². The first-order chi connectivity index (χ1) is 12.2. The second kappa shape index (κ2) is 10.3. The van der Waals surface area contributed by atoms with E-state index in [0.717, 1.165) is 52.2 Å². The minimum Gasteiger partial charge on any atom is -0.379 e. The molecule has 4 saturated heterocycles. The zero-order valence-electron chi connectivity index (χ0n) is 15.7. The molecule has 156 valence electrons. The van der Waals surface area contributed by atoms with Gasteiger partial charge in [-0.2, -0.15) is 0 Å². The Morgan fingerprint density at radius 2 is 1.78 bits per heavy atom. The van der Waals surface area contributed by atoms with Crippen LogP contribution in [0.1, 0.15) is 32.1 Å². The van der Waals surface area contributed by atoms with Crippen LogP contribution in [0, 0.1) is 5.92 Å². The number of morpholine rings is 1. The number of ether oxygens (including phenoxy) is 1. The Morgan fingerprint density at radius 3 is 2.44 bits per heavy atom. The highest BCUT2D eigenvalue weighted by Gasteiger charge is 2.38. The van der Waals surface area contributed by atoms with Crippen LogP contribution >= 0.6 is 24.8 Å². The van der Waals surface area contributed by atoms with Crippen LogP contribution in [0.15, 0.2) is 0 Å². The van der Waals surface area contributed by atoms with E-state index in [-0.39, 0.29) is 48.6 Å². The molecular weight excluding hydrogens is 391 g/mol. The molecule has 0 aromatic rings. The van der Waals surface area contributed by atoms with Crippen molar-refractivity contribution >= 4 is 36.6 Å². The molecule has 0 saturated carbocycles. The highest BCUT2D eigenvalue weighted by molar-refractivity contribution is 5.89. The Hall–Kier alpha value is -0.600. The van der Waals surface area contributed by atoms with Crippen molar-refractivity contribution in [2.45, 2.75) is 50.2 Å². The summed E-state index contributed by atoms with van der Waals surface area (Å²) < 4.78 is 5.35. The average Bonchev–Trinajstić information content (AvgIpc) is 3.16. The van der Waals surface area contributed by atoms with Crippen LogP contribution in [-0.2, 0) is 14.3 Å². The fraction of sp³-hybridized carbons (Fsp3) is 0.889. The lowest BCUT2D eigenvalue weighted by Gasteiger charge is -2.30. The van der Waals surface area contributed by atoms with Crippen LogP contribution in [0.4, 0.5) is 0 Å². The lowest BCUT2D eigenvalue weighted by atomic mass is 9.98. The molecule has 0 spiro atoms. The van der Waals surface area contributed by atoms with Gasteiger partial charge in [0.25, 0.3) is 0 Å². The first-order valence-corrected chi connectivity index (χ1v) is 9.81. The van der Waals surface area contributed by atoms with Gasteiger partial charge in [-0.05, 0) is 25.7 Å². The minimum absolute atomic E-state index is 0. The van der Waals surface area contributed by atoms with E-state index in [1.165, 1.54) is 12.8 Å². The Bertz CT molecular complexity index is 507. The molecule has 0 aromatic carbocycles. The Kier molecular flexibility index (Phi) is 8.62. The van der Waals surface area contributed by atoms with Gasteiger partial charge in [-0.15, -0.1) is 24.8 Å². The lowest BCUT2D eigenvalue weighted by Crippen LogP contribution is -2.49. The summed E-state index contributed by atoms with van der Waals surface area (Å²) in [5, 5.41) is 6.82. The fourth-order valence-electron chi connectivity index (χ4n) is 4.74. The van der Waals surface area contributed by atoms with Crippen LogP contribution in [0.2, 0.25) is 0 Å². The van der Waals surface area contributed by atoms with Crippen molar-refractivity contribution in [2.75, 3.05) is 45.9 Å². The summed E-state index contributed by atoms with van der Waals surface area (Å²) >= 11 is 0. The summed E-state index contributed by atoms with van der Waals surface area (Å²) in [6, 6.07) is 1.42. The molecule has 27 heavy (non-hydrogen) atoms. The number of likely N-dealkylation sites (tertiary alicyclic amines) is 1. The number of halogens is 2. The van der Waals surface area contributed by atoms with Gasteiger partial charge in [-0.1, -0.05) is 0 Å². The summed E-state index contributed by atoms with van der Waals surface area (Å²) in [5.74, 6) is 0.0250. The van der Waals surface area contributed by atoms with Gasteiger partial charge in [0.05, 0.1) is 19.1 Å². The predicted octanol–water partition coefficient (Wildman–Crippen LogP) is 0.410. The topological polar surface area (TPSA) is 73.9 Å². The second-order valence-corrected chi connectivity index (χ2v) is 8.01. The normalized spacial score (nSPS) is 33.3. The number of fused-ring (bicyclic) bond motifs is 2. The summed E-state index contributed by atoms with van der Waals surface area (Å²) in [6.45, 7) is 5.59. The molecule has 9 heteroatoms. The molecule has 0 aromatic heterocycles. The first kappa shape index (κ1) is 22.7. The minimum atomic E-state index is -0.176. The molecule has 4 fully saturated rings. The van der Waals surface area contributed by atoms with E-state index in [4.69, 9.17) is 4.74 Å². The average molecular weight is 423 g/mol. The number of amides is 2. The molecule has 2 N–H and O–H groups in total. The maximum Gasteiger partial charge on any atom is 0.225 e. The summed E-state index contributed by atoms with van der Waals surface area (Å²) in [4.78, 5) is 29.1. The van der Waals surface area contributed by atoms with Crippen LogP contribution in [0.3, 0.4) is 0 Å². The monoisotopic (exact) mass is 422 g/mol. The number of carbonyl (C=O) groups is 2. The van der Waals surface area contributed by atoms with E-state index >= 15 is 0 Å². The van der Waals surface area contributed by atoms with E-state index in [2.05, 4.69) is 15.5 Å². The number of nitrogens with one attached hydrogen (secondary N) is 2. The molecule has 3 atom stereocenters. The molecule has 4 aliphatic heterocycles. The molecule has 0 radical (unpaired) electrons. The Morgan fingerprint density at radius 1 is 1.11 bits per heavy atom. The van der Waals surface area contributed by atoms with E-state index in [1.54, 1.807) is 0 Å². The number of hydrogen-bond acceptors (Lipinski definition) is 5. The number of piperidine rings is 1. The van der Waals surface area contributed by atoms with Crippen LogP contribution < -0.4 is 10.6 Å². The maximum atomic E-state index is 12.6.